The van der Waals surface area contributed by atoms with Gasteiger partial charge in [0.1, 0.15) is 0 Å². The van der Waals surface area contributed by atoms with Gasteiger partial charge in [-0.1, -0.05) is 25.3 Å². The van der Waals surface area contributed by atoms with E-state index in [-0.39, 0.29) is 29.8 Å². The van der Waals surface area contributed by atoms with Crippen LogP contribution in [0.3, 0.4) is 0 Å². The number of thiophene rings is 1. The quantitative estimate of drug-likeness (QED) is 0.779. The monoisotopic (exact) mass is 362 g/mol. The molecule has 1 saturated carbocycles. The molecule has 1 fully saturated rings. The van der Waals surface area contributed by atoms with Gasteiger partial charge in [-0.3, -0.25) is 4.79 Å². The minimum Gasteiger partial charge on any atom is -0.354 e. The third-order valence-electron chi connectivity index (χ3n) is 4.43. The zero-order chi connectivity index (χ0) is 15.1. The largest absolute Gasteiger partial charge is 0.354 e. The summed E-state index contributed by atoms with van der Waals surface area (Å²) >= 11 is 3.55. The Bertz CT molecular complexity index is 433. The molecule has 6 heteroatoms. The second-order valence-electron chi connectivity index (χ2n) is 5.92. The number of hydrogen-bond donors (Lipinski definition) is 2. The van der Waals surface area contributed by atoms with Gasteiger partial charge in [-0.05, 0) is 42.7 Å². The highest BCUT2D eigenvalue weighted by Gasteiger charge is 2.35. The van der Waals surface area contributed by atoms with E-state index in [2.05, 4.69) is 22.8 Å². The fourth-order valence-electron chi connectivity index (χ4n) is 3.08. The minimum absolute atomic E-state index is 0. The summed E-state index contributed by atoms with van der Waals surface area (Å²) in [6.45, 7) is 0.735. The molecule has 0 spiro atoms. The Morgan fingerprint density at radius 1 is 1.45 bits per heavy atom. The highest BCUT2D eigenvalue weighted by molar-refractivity contribution is 7.98. The van der Waals surface area contributed by atoms with Crippen molar-refractivity contribution < 1.29 is 4.79 Å². The second kappa shape index (κ2) is 9.81. The fraction of sp³-hybridized carbons (Fsp3) is 0.688. The molecule has 2 rings (SSSR count). The molecule has 0 radical (unpaired) electrons. The molecule has 0 unspecified atom stereocenters. The SMILES string of the molecule is CSCC[C@H](N)C(=O)NCC1(c2cccs2)CCCCC1.Cl. The van der Waals surface area contributed by atoms with Gasteiger partial charge in [0, 0.05) is 16.8 Å². The van der Waals surface area contributed by atoms with Crippen LogP contribution < -0.4 is 11.1 Å². The van der Waals surface area contributed by atoms with Crippen LogP contribution in [0.5, 0.6) is 0 Å². The molecular weight excluding hydrogens is 336 g/mol. The molecule has 1 amide bonds. The number of hydrogen-bond acceptors (Lipinski definition) is 4. The maximum atomic E-state index is 12.2. The van der Waals surface area contributed by atoms with Gasteiger partial charge in [0.05, 0.1) is 6.04 Å². The molecule has 0 aromatic carbocycles. The molecule has 1 aliphatic rings. The van der Waals surface area contributed by atoms with Crippen LogP contribution >= 0.6 is 35.5 Å². The van der Waals surface area contributed by atoms with Crippen LogP contribution in [0.25, 0.3) is 0 Å². The summed E-state index contributed by atoms with van der Waals surface area (Å²) in [6.07, 6.45) is 8.96. The molecule has 1 aromatic heterocycles. The van der Waals surface area contributed by atoms with Crippen molar-refractivity contribution in [3.8, 4) is 0 Å². The Balaban J connectivity index is 0.00000242. The van der Waals surface area contributed by atoms with E-state index in [0.717, 1.165) is 18.7 Å². The van der Waals surface area contributed by atoms with Crippen molar-refractivity contribution >= 4 is 41.4 Å². The smallest absolute Gasteiger partial charge is 0.236 e. The van der Waals surface area contributed by atoms with Crippen LogP contribution in [-0.4, -0.2) is 30.5 Å². The Morgan fingerprint density at radius 3 is 2.77 bits per heavy atom. The lowest BCUT2D eigenvalue weighted by Gasteiger charge is -2.37. The van der Waals surface area contributed by atoms with Gasteiger partial charge in [0.15, 0.2) is 0 Å². The summed E-state index contributed by atoms with van der Waals surface area (Å²) in [6, 6.07) is 3.96. The van der Waals surface area contributed by atoms with Gasteiger partial charge in [-0.2, -0.15) is 11.8 Å². The van der Waals surface area contributed by atoms with E-state index < -0.39 is 0 Å². The Morgan fingerprint density at radius 2 is 2.18 bits per heavy atom. The minimum atomic E-state index is -0.374. The number of halogens is 1. The number of thioether (sulfide) groups is 1. The number of nitrogens with one attached hydrogen (secondary N) is 1. The molecule has 0 aliphatic heterocycles. The summed E-state index contributed by atoms with van der Waals surface area (Å²) in [5.74, 6) is 0.940. The van der Waals surface area contributed by atoms with E-state index in [9.17, 15) is 4.79 Å². The maximum absolute atomic E-state index is 12.2. The molecule has 0 bridgehead atoms. The Labute approximate surface area is 148 Å². The summed E-state index contributed by atoms with van der Waals surface area (Å²) in [5.41, 5.74) is 6.10. The first-order valence-corrected chi connectivity index (χ1v) is 10.0. The number of carbonyl (C=O) groups is 1. The van der Waals surface area contributed by atoms with Crippen molar-refractivity contribution in [1.82, 2.24) is 5.32 Å². The van der Waals surface area contributed by atoms with Crippen molar-refractivity contribution in [2.75, 3.05) is 18.6 Å². The van der Waals surface area contributed by atoms with Crippen molar-refractivity contribution in [2.24, 2.45) is 5.73 Å². The lowest BCUT2D eigenvalue weighted by atomic mass is 9.73. The van der Waals surface area contributed by atoms with Crippen LogP contribution in [0.4, 0.5) is 0 Å². The molecule has 3 nitrogen and oxygen atoms in total. The van der Waals surface area contributed by atoms with Crippen LogP contribution in [0, 0.1) is 0 Å². The van der Waals surface area contributed by atoms with Crippen molar-refractivity contribution in [1.29, 1.82) is 0 Å². The topological polar surface area (TPSA) is 55.1 Å². The highest BCUT2D eigenvalue weighted by atomic mass is 35.5. The maximum Gasteiger partial charge on any atom is 0.236 e. The third-order valence-corrected chi connectivity index (χ3v) is 6.19. The van der Waals surface area contributed by atoms with E-state index >= 15 is 0 Å². The number of carbonyl (C=O) groups excluding carboxylic acids is 1. The molecule has 0 saturated heterocycles. The molecule has 3 N–H and O–H groups in total. The first kappa shape index (κ1) is 19.8. The first-order valence-electron chi connectivity index (χ1n) is 7.74. The van der Waals surface area contributed by atoms with Crippen molar-refractivity contribution in [2.45, 2.75) is 50.0 Å². The molecule has 1 aliphatic carbocycles. The average molecular weight is 363 g/mol. The standard InChI is InChI=1S/C16H26N2OS2.ClH/c1-20-11-7-13(17)15(19)18-12-16(8-3-2-4-9-16)14-6-5-10-21-14;/h5-6,10,13H,2-4,7-9,11-12,17H2,1H3,(H,18,19);1H/t13-;/m0./s1. The van der Waals surface area contributed by atoms with E-state index in [4.69, 9.17) is 5.73 Å². The van der Waals surface area contributed by atoms with Gasteiger partial charge in [0.2, 0.25) is 5.91 Å². The van der Waals surface area contributed by atoms with Crippen LogP contribution in [-0.2, 0) is 10.2 Å². The van der Waals surface area contributed by atoms with Gasteiger partial charge >= 0.3 is 0 Å². The molecule has 1 heterocycles. The zero-order valence-electron chi connectivity index (χ0n) is 13.2. The lowest BCUT2D eigenvalue weighted by molar-refractivity contribution is -0.122. The normalized spacial score (nSPS) is 18.3. The Hall–Kier alpha value is -0.230. The summed E-state index contributed by atoms with van der Waals surface area (Å²) < 4.78 is 0. The van der Waals surface area contributed by atoms with Crippen molar-refractivity contribution in [3.63, 3.8) is 0 Å². The lowest BCUT2D eigenvalue weighted by Crippen LogP contribution is -2.47. The van der Waals surface area contributed by atoms with Crippen LogP contribution in [0.1, 0.15) is 43.4 Å². The van der Waals surface area contributed by atoms with Gasteiger partial charge < -0.3 is 11.1 Å². The number of rotatable bonds is 7. The van der Waals surface area contributed by atoms with E-state index in [0.29, 0.717) is 0 Å². The molecule has 1 aromatic rings. The molecule has 126 valence electrons. The van der Waals surface area contributed by atoms with Crippen LogP contribution in [0.15, 0.2) is 17.5 Å². The Kier molecular flexibility index (Phi) is 8.83. The van der Waals surface area contributed by atoms with Gasteiger partial charge in [0.25, 0.3) is 0 Å². The summed E-state index contributed by atoms with van der Waals surface area (Å²) in [7, 11) is 0. The molecular formula is C16H27ClN2OS2. The van der Waals surface area contributed by atoms with Crippen LogP contribution in [0.2, 0.25) is 0 Å². The fourth-order valence-corrected chi connectivity index (χ4v) is 4.56. The van der Waals surface area contributed by atoms with E-state index in [1.165, 1.54) is 37.0 Å². The number of amides is 1. The second-order valence-corrected chi connectivity index (χ2v) is 7.86. The zero-order valence-corrected chi connectivity index (χ0v) is 15.6. The van der Waals surface area contributed by atoms with Crippen molar-refractivity contribution in [3.05, 3.63) is 22.4 Å². The van der Waals surface area contributed by atoms with Gasteiger partial charge in [-0.25, -0.2) is 0 Å². The average Bonchev–Trinajstić information content (AvgIpc) is 3.06. The molecule has 22 heavy (non-hydrogen) atoms. The van der Waals surface area contributed by atoms with Gasteiger partial charge in [-0.15, -0.1) is 23.7 Å². The number of nitrogens with two attached hydrogens (primary N) is 1. The summed E-state index contributed by atoms with van der Waals surface area (Å²) in [5, 5.41) is 5.26. The summed E-state index contributed by atoms with van der Waals surface area (Å²) in [4.78, 5) is 13.6. The van der Waals surface area contributed by atoms with E-state index in [1.54, 1.807) is 11.8 Å². The highest BCUT2D eigenvalue weighted by Crippen LogP contribution is 2.41. The first-order chi connectivity index (χ1) is 10.2. The third kappa shape index (κ3) is 5.15. The van der Waals surface area contributed by atoms with E-state index in [1.807, 2.05) is 17.6 Å². The predicted octanol–water partition coefficient (Wildman–Crippen LogP) is 3.57. The predicted molar refractivity (Wildman–Crippen MR) is 100 cm³/mol. The molecule has 1 atom stereocenters.